The van der Waals surface area contributed by atoms with Crippen molar-refractivity contribution >= 4 is 35.6 Å². The van der Waals surface area contributed by atoms with Gasteiger partial charge in [-0.2, -0.15) is 5.10 Å². The van der Waals surface area contributed by atoms with E-state index in [4.69, 9.17) is 0 Å². The summed E-state index contributed by atoms with van der Waals surface area (Å²) in [6.07, 6.45) is 4.44. The molecule has 9 nitrogen and oxygen atoms in total. The number of hydrazone groups is 1. The largest absolute Gasteiger partial charge is 0.302 e. The highest BCUT2D eigenvalue weighted by atomic mass is 32.2. The van der Waals surface area contributed by atoms with E-state index in [0.29, 0.717) is 17.3 Å². The van der Waals surface area contributed by atoms with E-state index in [0.717, 1.165) is 11.4 Å². The van der Waals surface area contributed by atoms with Crippen LogP contribution in [0.15, 0.2) is 64.9 Å². The van der Waals surface area contributed by atoms with Gasteiger partial charge in [-0.15, -0.1) is 10.2 Å². The summed E-state index contributed by atoms with van der Waals surface area (Å²) in [5.41, 5.74) is 5.02. The van der Waals surface area contributed by atoms with Gasteiger partial charge in [0, 0.05) is 24.4 Å². The number of nitro groups is 1. The van der Waals surface area contributed by atoms with E-state index in [1.807, 2.05) is 42.7 Å². The molecule has 3 aromatic rings. The van der Waals surface area contributed by atoms with E-state index in [2.05, 4.69) is 20.7 Å². The second-order valence-corrected chi connectivity index (χ2v) is 7.64. The molecule has 0 atom stereocenters. The van der Waals surface area contributed by atoms with E-state index in [1.165, 1.54) is 35.7 Å². The number of thioether (sulfide) groups is 1. The fraction of sp³-hybridized carbons (Fsp3) is 0.182. The first-order valence-corrected chi connectivity index (χ1v) is 10.8. The van der Waals surface area contributed by atoms with E-state index in [1.54, 1.807) is 24.3 Å². The standard InChI is InChI=1S/C22H22N6O3S/c1-3-27-21(18-12-10-16(2)11-13-18)25-26-22(27)32-15-20(29)24-23-14-6-8-17-7-4-5-9-19(17)28(30)31/h4-14H,3,15H2,1-2H3,(H,24,29). The molecule has 0 bridgehead atoms. The van der Waals surface area contributed by atoms with Gasteiger partial charge in [-0.1, -0.05) is 53.7 Å². The third-order valence-corrected chi connectivity index (χ3v) is 5.40. The van der Waals surface area contributed by atoms with Crippen molar-refractivity contribution in [3.8, 4) is 11.4 Å². The molecule has 0 aliphatic rings. The highest BCUT2D eigenvalue weighted by Crippen LogP contribution is 2.24. The maximum Gasteiger partial charge on any atom is 0.276 e. The topological polar surface area (TPSA) is 115 Å². The van der Waals surface area contributed by atoms with Gasteiger partial charge in [0.1, 0.15) is 0 Å². The molecule has 32 heavy (non-hydrogen) atoms. The van der Waals surface area contributed by atoms with Gasteiger partial charge in [0.15, 0.2) is 11.0 Å². The lowest BCUT2D eigenvalue weighted by atomic mass is 10.1. The predicted octanol–water partition coefficient (Wildman–Crippen LogP) is 4.09. The number of aromatic nitrogens is 3. The zero-order chi connectivity index (χ0) is 22.9. The van der Waals surface area contributed by atoms with Crippen LogP contribution in [0, 0.1) is 17.0 Å². The number of amides is 1. The molecule has 2 aromatic carbocycles. The van der Waals surface area contributed by atoms with Crippen LogP contribution in [0.5, 0.6) is 0 Å². The molecular weight excluding hydrogens is 428 g/mol. The predicted molar refractivity (Wildman–Crippen MR) is 125 cm³/mol. The van der Waals surface area contributed by atoms with Crippen LogP contribution in [0.1, 0.15) is 18.1 Å². The first kappa shape index (κ1) is 22.9. The number of nitrogens with zero attached hydrogens (tertiary/aromatic N) is 5. The third kappa shape index (κ3) is 5.88. The maximum atomic E-state index is 12.1. The second kappa shape index (κ2) is 11.0. The van der Waals surface area contributed by atoms with Gasteiger partial charge in [-0.3, -0.25) is 14.9 Å². The Kier molecular flexibility index (Phi) is 7.87. The number of carbonyl (C=O) groups excluding carboxylic acids is 1. The first-order chi connectivity index (χ1) is 15.5. The van der Waals surface area contributed by atoms with Crippen molar-refractivity contribution in [3.05, 3.63) is 75.8 Å². The molecule has 0 aliphatic carbocycles. The molecule has 1 amide bonds. The number of rotatable bonds is 9. The molecule has 0 saturated heterocycles. The van der Waals surface area contributed by atoms with Gasteiger partial charge < -0.3 is 4.57 Å². The summed E-state index contributed by atoms with van der Waals surface area (Å²) in [6, 6.07) is 14.4. The fourth-order valence-corrected chi connectivity index (χ4v) is 3.65. The number of nitrogens with one attached hydrogen (secondary N) is 1. The van der Waals surface area contributed by atoms with Crippen LogP contribution in [0.25, 0.3) is 17.5 Å². The molecule has 1 N–H and O–H groups in total. The average molecular weight is 451 g/mol. The maximum absolute atomic E-state index is 12.1. The van der Waals surface area contributed by atoms with Crippen LogP contribution in [-0.4, -0.2) is 37.6 Å². The smallest absolute Gasteiger partial charge is 0.276 e. The van der Waals surface area contributed by atoms with Crippen LogP contribution in [0.3, 0.4) is 0 Å². The molecule has 0 fully saturated rings. The highest BCUT2D eigenvalue weighted by Gasteiger charge is 2.14. The third-order valence-electron chi connectivity index (χ3n) is 4.43. The lowest BCUT2D eigenvalue weighted by molar-refractivity contribution is -0.385. The molecule has 1 aromatic heterocycles. The van der Waals surface area contributed by atoms with E-state index < -0.39 is 4.92 Å². The summed E-state index contributed by atoms with van der Waals surface area (Å²) >= 11 is 1.27. The van der Waals surface area contributed by atoms with Crippen molar-refractivity contribution in [2.24, 2.45) is 5.10 Å². The van der Waals surface area contributed by atoms with Crippen LogP contribution >= 0.6 is 11.8 Å². The molecule has 3 rings (SSSR count). The Morgan fingerprint density at radius 2 is 1.97 bits per heavy atom. The fourth-order valence-electron chi connectivity index (χ4n) is 2.85. The quantitative estimate of drug-likeness (QED) is 0.227. The van der Waals surface area contributed by atoms with Gasteiger partial charge in [0.2, 0.25) is 0 Å². The van der Waals surface area contributed by atoms with E-state index in [-0.39, 0.29) is 17.3 Å². The molecule has 0 saturated carbocycles. The van der Waals surface area contributed by atoms with Crippen LogP contribution in [0.4, 0.5) is 5.69 Å². The Morgan fingerprint density at radius 3 is 2.69 bits per heavy atom. The Bertz CT molecular complexity index is 1150. The Labute approximate surface area is 189 Å². The number of hydrogen-bond acceptors (Lipinski definition) is 7. The Morgan fingerprint density at radius 1 is 1.22 bits per heavy atom. The van der Waals surface area contributed by atoms with Gasteiger partial charge in [0.25, 0.3) is 11.6 Å². The number of benzene rings is 2. The molecule has 0 radical (unpaired) electrons. The molecule has 0 unspecified atom stereocenters. The van der Waals surface area contributed by atoms with Crippen molar-refractivity contribution in [2.75, 3.05) is 5.75 Å². The molecule has 0 aliphatic heterocycles. The van der Waals surface area contributed by atoms with Crippen LogP contribution in [0.2, 0.25) is 0 Å². The van der Waals surface area contributed by atoms with Gasteiger partial charge >= 0.3 is 0 Å². The second-order valence-electron chi connectivity index (χ2n) is 6.69. The summed E-state index contributed by atoms with van der Waals surface area (Å²) in [7, 11) is 0. The molecule has 1 heterocycles. The summed E-state index contributed by atoms with van der Waals surface area (Å²) in [6.45, 7) is 4.70. The Balaban J connectivity index is 1.54. The molecule has 0 spiro atoms. The van der Waals surface area contributed by atoms with Crippen molar-refractivity contribution in [1.29, 1.82) is 0 Å². The SMILES string of the molecule is CCn1c(SCC(=O)NN=CC=Cc2ccccc2[N+](=O)[O-])nnc1-c1ccc(C)cc1. The summed E-state index contributed by atoms with van der Waals surface area (Å²) in [5.74, 6) is 0.582. The van der Waals surface area contributed by atoms with Crippen molar-refractivity contribution < 1.29 is 9.72 Å². The monoisotopic (exact) mass is 450 g/mol. The minimum absolute atomic E-state index is 0.00243. The van der Waals surface area contributed by atoms with E-state index >= 15 is 0 Å². The highest BCUT2D eigenvalue weighted by molar-refractivity contribution is 7.99. The van der Waals surface area contributed by atoms with Crippen LogP contribution in [-0.2, 0) is 11.3 Å². The van der Waals surface area contributed by atoms with Crippen molar-refractivity contribution in [2.45, 2.75) is 25.5 Å². The van der Waals surface area contributed by atoms with Gasteiger partial charge in [-0.05, 0) is 32.1 Å². The lowest BCUT2D eigenvalue weighted by Crippen LogP contribution is -2.19. The number of para-hydroxylation sites is 1. The van der Waals surface area contributed by atoms with Crippen molar-refractivity contribution in [1.82, 2.24) is 20.2 Å². The van der Waals surface area contributed by atoms with E-state index in [9.17, 15) is 14.9 Å². The number of hydrogen-bond donors (Lipinski definition) is 1. The Hall–Kier alpha value is -3.79. The number of nitro benzene ring substituents is 1. The number of allylic oxidation sites excluding steroid dienone is 1. The minimum atomic E-state index is -0.449. The number of carbonyl (C=O) groups is 1. The normalized spacial score (nSPS) is 11.3. The summed E-state index contributed by atoms with van der Waals surface area (Å²) in [4.78, 5) is 22.6. The lowest BCUT2D eigenvalue weighted by Gasteiger charge is -2.07. The number of aryl methyl sites for hydroxylation is 1. The average Bonchev–Trinajstić information content (AvgIpc) is 3.21. The summed E-state index contributed by atoms with van der Waals surface area (Å²) in [5, 5.41) is 24.0. The molecular formula is C22H22N6O3S. The summed E-state index contributed by atoms with van der Waals surface area (Å²) < 4.78 is 1.96. The zero-order valence-electron chi connectivity index (χ0n) is 17.6. The first-order valence-electron chi connectivity index (χ1n) is 9.84. The van der Waals surface area contributed by atoms with Crippen LogP contribution < -0.4 is 5.43 Å². The minimum Gasteiger partial charge on any atom is -0.302 e. The van der Waals surface area contributed by atoms with Crippen molar-refractivity contribution in [3.63, 3.8) is 0 Å². The molecule has 10 heteroatoms. The van der Waals surface area contributed by atoms with Gasteiger partial charge in [0.05, 0.1) is 16.2 Å². The van der Waals surface area contributed by atoms with Gasteiger partial charge in [-0.25, -0.2) is 5.43 Å². The zero-order valence-corrected chi connectivity index (χ0v) is 18.5. The molecule has 164 valence electrons.